The molecule has 2 unspecified atom stereocenters. The van der Waals surface area contributed by atoms with E-state index in [2.05, 4.69) is 154 Å². The van der Waals surface area contributed by atoms with E-state index in [4.69, 9.17) is 0 Å². The topological polar surface area (TPSA) is 0 Å². The van der Waals surface area contributed by atoms with Gasteiger partial charge in [-0.1, -0.05) is 195 Å². The molecule has 3 aliphatic rings. The summed E-state index contributed by atoms with van der Waals surface area (Å²) < 4.78 is 0. The minimum atomic E-state index is 0. The van der Waals surface area contributed by atoms with Crippen LogP contribution in [0.2, 0.25) is 12.1 Å². The fourth-order valence-corrected chi connectivity index (χ4v) is 9.85. The average molecular weight is 742 g/mol. The third kappa shape index (κ3) is 6.51. The summed E-state index contributed by atoms with van der Waals surface area (Å²) in [6, 6.07) is 52.6. The Morgan fingerprint density at radius 1 is 0.500 bits per heavy atom. The SMILES string of the molecule is C1CC[Si]C1.CCC1=C(c2cccc3ccccc23)c2ccccc2C1[CH-]C1C(CC)=C(c2cccc3ccccc23)c2ccccc21.[CH3-].[Zr+2]. The van der Waals surface area contributed by atoms with Crippen LogP contribution in [0.25, 0.3) is 32.7 Å². The van der Waals surface area contributed by atoms with Crippen molar-refractivity contribution >= 4 is 42.2 Å². The van der Waals surface area contributed by atoms with Gasteiger partial charge in [-0.05, 0) is 67.8 Å². The molecule has 246 valence electrons. The van der Waals surface area contributed by atoms with Gasteiger partial charge in [-0.2, -0.15) is 0 Å². The fraction of sp³-hybridized carbons (Fsp3) is 0.208. The van der Waals surface area contributed by atoms with Gasteiger partial charge in [0, 0.05) is 9.52 Å². The molecule has 2 radical (unpaired) electrons. The van der Waals surface area contributed by atoms with Crippen LogP contribution in [0.4, 0.5) is 0 Å². The second-order valence-corrected chi connectivity index (χ2v) is 14.8. The van der Waals surface area contributed by atoms with Gasteiger partial charge in [0.1, 0.15) is 0 Å². The summed E-state index contributed by atoms with van der Waals surface area (Å²) in [6.07, 6.45) is 7.75. The van der Waals surface area contributed by atoms with Crippen LogP contribution in [0, 0.1) is 13.8 Å². The van der Waals surface area contributed by atoms with Gasteiger partial charge in [0.25, 0.3) is 0 Å². The summed E-state index contributed by atoms with van der Waals surface area (Å²) in [6.45, 7) is 4.68. The van der Waals surface area contributed by atoms with Crippen molar-refractivity contribution in [2.45, 2.75) is 63.5 Å². The first-order chi connectivity index (χ1) is 23.8. The van der Waals surface area contributed by atoms with E-state index in [1.807, 2.05) is 0 Å². The zero-order valence-corrected chi connectivity index (χ0v) is 33.1. The molecule has 0 amide bonds. The van der Waals surface area contributed by atoms with Crippen molar-refractivity contribution in [2.24, 2.45) is 0 Å². The van der Waals surface area contributed by atoms with Gasteiger partial charge in [0.15, 0.2) is 0 Å². The van der Waals surface area contributed by atoms with Gasteiger partial charge < -0.3 is 13.8 Å². The molecule has 0 bridgehead atoms. The average Bonchev–Trinajstić information content (AvgIpc) is 3.90. The third-order valence-corrected chi connectivity index (χ3v) is 12.2. The molecule has 1 fully saturated rings. The van der Waals surface area contributed by atoms with Gasteiger partial charge in [-0.15, -0.1) is 11.8 Å². The van der Waals surface area contributed by atoms with Gasteiger partial charge in [-0.25, -0.2) is 0 Å². The van der Waals surface area contributed by atoms with E-state index in [-0.39, 0.29) is 45.5 Å². The summed E-state index contributed by atoms with van der Waals surface area (Å²) >= 11 is 0. The zero-order valence-electron chi connectivity index (χ0n) is 29.7. The fourth-order valence-electron chi connectivity index (χ4n) is 8.60. The molecule has 9 rings (SSSR count). The summed E-state index contributed by atoms with van der Waals surface area (Å²) in [5.74, 6) is 0.531. The number of hydrogen-bond acceptors (Lipinski definition) is 0. The number of hydrogen-bond donors (Lipinski definition) is 0. The van der Waals surface area contributed by atoms with Crippen molar-refractivity contribution in [3.05, 3.63) is 192 Å². The first kappa shape index (κ1) is 36.2. The molecule has 1 heterocycles. The Labute approximate surface area is 321 Å². The molecule has 0 N–H and O–H groups in total. The standard InChI is InChI=1S/C43H35.C4H8Si.CH3.Zr/c1-3-30-40(34-21-9-11-23-38(34)42(30)36-25-13-17-28-15-5-7-19-32(28)36)27-41-31(4-2)43(39-24-12-10-22-35(39)41)37-26-14-18-29-16-6-8-20-33(29)37;1-2-4-5-3-1;;/h5-27,40-41H,3-4H2,1-2H3;1-4H2;1H3;/q-1;;-1;+2. The van der Waals surface area contributed by atoms with Crippen LogP contribution in [0.3, 0.4) is 0 Å². The molecular formula is C48H46SiZr. The maximum atomic E-state index is 2.69. The summed E-state index contributed by atoms with van der Waals surface area (Å²) in [5, 5.41) is 5.27. The molecule has 2 aliphatic carbocycles. The van der Waals surface area contributed by atoms with E-state index in [9.17, 15) is 0 Å². The Hall–Kier alpha value is -3.58. The monoisotopic (exact) mass is 740 g/mol. The van der Waals surface area contributed by atoms with Gasteiger partial charge in [-0.3, -0.25) is 0 Å². The van der Waals surface area contributed by atoms with Crippen LogP contribution in [-0.2, 0) is 26.2 Å². The molecule has 0 aromatic heterocycles. The van der Waals surface area contributed by atoms with Crippen LogP contribution in [0.5, 0.6) is 0 Å². The van der Waals surface area contributed by atoms with E-state index < -0.39 is 0 Å². The molecule has 2 atom stereocenters. The molecule has 2 heteroatoms. The summed E-state index contributed by atoms with van der Waals surface area (Å²) in [5.41, 5.74) is 14.3. The van der Waals surface area contributed by atoms with E-state index in [0.29, 0.717) is 0 Å². The predicted octanol–water partition coefficient (Wildman–Crippen LogP) is 13.3. The Bertz CT molecular complexity index is 2010. The molecule has 0 nitrogen and oxygen atoms in total. The zero-order chi connectivity index (χ0) is 32.5. The number of rotatable bonds is 6. The van der Waals surface area contributed by atoms with E-state index in [1.165, 1.54) is 112 Å². The maximum absolute atomic E-state index is 2.69. The predicted molar refractivity (Wildman–Crippen MR) is 214 cm³/mol. The van der Waals surface area contributed by atoms with E-state index in [0.717, 1.165) is 12.8 Å². The van der Waals surface area contributed by atoms with Gasteiger partial charge in [0.05, 0.1) is 0 Å². The first-order valence-electron chi connectivity index (χ1n) is 17.9. The third-order valence-electron chi connectivity index (χ3n) is 10.7. The summed E-state index contributed by atoms with van der Waals surface area (Å²) in [7, 11) is 1.31. The normalized spacial score (nSPS) is 17.6. The largest absolute Gasteiger partial charge is 2.00 e. The van der Waals surface area contributed by atoms with Crippen LogP contribution in [-0.4, -0.2) is 9.52 Å². The van der Waals surface area contributed by atoms with Crippen LogP contribution in [0.15, 0.2) is 145 Å². The maximum Gasteiger partial charge on any atom is 2.00 e. The van der Waals surface area contributed by atoms with Crippen LogP contribution in [0.1, 0.15) is 84.7 Å². The Morgan fingerprint density at radius 2 is 0.880 bits per heavy atom. The molecule has 50 heavy (non-hydrogen) atoms. The molecule has 1 aliphatic heterocycles. The number of allylic oxidation sites excluding steroid dienone is 2. The van der Waals surface area contributed by atoms with Crippen LogP contribution >= 0.6 is 0 Å². The van der Waals surface area contributed by atoms with Crippen LogP contribution < -0.4 is 0 Å². The molecular weight excluding hydrogens is 696 g/mol. The van der Waals surface area contributed by atoms with Crippen molar-refractivity contribution in [3.63, 3.8) is 0 Å². The smallest absolute Gasteiger partial charge is 0.358 e. The minimum absolute atomic E-state index is 0. The van der Waals surface area contributed by atoms with E-state index >= 15 is 0 Å². The second kappa shape index (κ2) is 16.2. The van der Waals surface area contributed by atoms with Crippen molar-refractivity contribution < 1.29 is 26.2 Å². The van der Waals surface area contributed by atoms with E-state index in [1.54, 1.807) is 0 Å². The Kier molecular flexibility index (Phi) is 11.7. The first-order valence-corrected chi connectivity index (χ1v) is 19.4. The van der Waals surface area contributed by atoms with Gasteiger partial charge >= 0.3 is 26.2 Å². The quantitative estimate of drug-likeness (QED) is 0.118. The van der Waals surface area contributed by atoms with Crippen molar-refractivity contribution in [1.82, 2.24) is 0 Å². The Morgan fingerprint density at radius 3 is 1.30 bits per heavy atom. The molecule has 0 saturated carbocycles. The van der Waals surface area contributed by atoms with Crippen molar-refractivity contribution in [2.75, 3.05) is 0 Å². The molecule has 6 aromatic carbocycles. The van der Waals surface area contributed by atoms with Crippen molar-refractivity contribution in [1.29, 1.82) is 0 Å². The number of fused-ring (bicyclic) bond motifs is 4. The second-order valence-electron chi connectivity index (χ2n) is 13.3. The Balaban J connectivity index is 0.000000570. The minimum Gasteiger partial charge on any atom is -0.358 e. The number of benzene rings is 6. The van der Waals surface area contributed by atoms with Gasteiger partial charge in [0.2, 0.25) is 0 Å². The molecule has 1 saturated heterocycles. The molecule has 6 aromatic rings. The van der Waals surface area contributed by atoms with Crippen molar-refractivity contribution in [3.8, 4) is 0 Å². The molecule has 0 spiro atoms. The summed E-state index contributed by atoms with van der Waals surface area (Å²) in [4.78, 5) is 0.